The molecule has 2 aromatic carbocycles. The number of aromatic amines is 2. The Kier molecular flexibility index (Phi) is 3.83. The quantitative estimate of drug-likeness (QED) is 0.695. The predicted octanol–water partition coefficient (Wildman–Crippen LogP) is 3.99. The maximum absolute atomic E-state index is 11.2. The van der Waals surface area contributed by atoms with Crippen LogP contribution in [0.3, 0.4) is 0 Å². The van der Waals surface area contributed by atoms with Crippen molar-refractivity contribution in [3.05, 3.63) is 69.1 Å². The number of rotatable bonds is 3. The van der Waals surface area contributed by atoms with Crippen molar-refractivity contribution >= 4 is 44.9 Å². The molecule has 0 saturated heterocycles. The number of halogens is 1. The number of nitrogens with one attached hydrogen (secondary N) is 2. The van der Waals surface area contributed by atoms with E-state index in [0.717, 1.165) is 26.8 Å². The van der Waals surface area contributed by atoms with Gasteiger partial charge in [0.25, 0.3) is 0 Å². The van der Waals surface area contributed by atoms with Crippen LogP contribution in [-0.4, -0.2) is 16.2 Å². The molecule has 3 aromatic rings. The maximum Gasteiger partial charge on any atom is 0.323 e. The van der Waals surface area contributed by atoms with Crippen molar-refractivity contribution < 1.29 is 0 Å². The molecule has 2 N–H and O–H groups in total. The fraction of sp³-hybridized carbons (Fsp3) is 0. The van der Waals surface area contributed by atoms with Crippen molar-refractivity contribution in [1.82, 2.24) is 9.97 Å². The van der Waals surface area contributed by atoms with Crippen LogP contribution in [0.4, 0.5) is 5.69 Å². The van der Waals surface area contributed by atoms with Crippen molar-refractivity contribution in [2.45, 2.75) is 0 Å². The number of aromatic nitrogens is 2. The topological polar surface area (TPSA) is 61.0 Å². The van der Waals surface area contributed by atoms with Crippen molar-refractivity contribution in [3.63, 3.8) is 0 Å². The minimum Gasteiger partial charge on any atom is -0.306 e. The van der Waals surface area contributed by atoms with E-state index in [9.17, 15) is 4.79 Å². The summed E-state index contributed by atoms with van der Waals surface area (Å²) < 4.78 is 0.872. The molecule has 0 spiro atoms. The molecule has 21 heavy (non-hydrogen) atoms. The Morgan fingerprint density at radius 3 is 2.62 bits per heavy atom. The van der Waals surface area contributed by atoms with Gasteiger partial charge in [-0.1, -0.05) is 30.3 Å². The minimum absolute atomic E-state index is 0.212. The number of H-pyrrole nitrogens is 2. The van der Waals surface area contributed by atoms with Crippen molar-refractivity contribution in [3.8, 4) is 0 Å². The molecule has 5 heteroatoms. The fourth-order valence-corrected chi connectivity index (χ4v) is 2.35. The van der Waals surface area contributed by atoms with Crippen LogP contribution in [0.25, 0.3) is 17.1 Å². The Balaban J connectivity index is 1.83. The van der Waals surface area contributed by atoms with Crippen LogP contribution in [0.2, 0.25) is 0 Å². The molecule has 104 valence electrons. The number of benzene rings is 2. The first-order valence-electron chi connectivity index (χ1n) is 6.39. The van der Waals surface area contributed by atoms with E-state index >= 15 is 0 Å². The summed E-state index contributed by atoms with van der Waals surface area (Å²) in [6, 6.07) is 15.5. The second-order valence-electron chi connectivity index (χ2n) is 4.51. The SMILES string of the molecule is O=c1[nH]c2ccc(N=CC(Br)=Cc3ccccc3)cc2[nH]1. The zero-order valence-corrected chi connectivity index (χ0v) is 12.6. The van der Waals surface area contributed by atoms with E-state index in [2.05, 4.69) is 30.9 Å². The molecule has 0 atom stereocenters. The van der Waals surface area contributed by atoms with E-state index in [0.29, 0.717) is 0 Å². The Morgan fingerprint density at radius 1 is 1.05 bits per heavy atom. The number of nitrogens with zero attached hydrogens (tertiary/aromatic N) is 1. The van der Waals surface area contributed by atoms with Gasteiger partial charge in [-0.15, -0.1) is 0 Å². The van der Waals surface area contributed by atoms with Crippen molar-refractivity contribution in [1.29, 1.82) is 0 Å². The number of fused-ring (bicyclic) bond motifs is 1. The van der Waals surface area contributed by atoms with Gasteiger partial charge < -0.3 is 9.97 Å². The predicted molar refractivity (Wildman–Crippen MR) is 90.4 cm³/mol. The number of allylic oxidation sites excluding steroid dienone is 1. The Hall–Kier alpha value is -2.40. The molecule has 0 fully saturated rings. The van der Waals surface area contributed by atoms with Crippen molar-refractivity contribution in [2.75, 3.05) is 0 Å². The summed E-state index contributed by atoms with van der Waals surface area (Å²) in [5.74, 6) is 0. The first-order valence-corrected chi connectivity index (χ1v) is 7.18. The zero-order chi connectivity index (χ0) is 14.7. The van der Waals surface area contributed by atoms with Gasteiger partial charge >= 0.3 is 5.69 Å². The largest absolute Gasteiger partial charge is 0.323 e. The molecule has 0 radical (unpaired) electrons. The van der Waals surface area contributed by atoms with E-state index in [1.807, 2.05) is 54.6 Å². The molecule has 0 amide bonds. The summed E-state index contributed by atoms with van der Waals surface area (Å²) in [5, 5.41) is 0. The van der Waals surface area contributed by atoms with Crippen LogP contribution in [0.15, 0.2) is 62.8 Å². The van der Waals surface area contributed by atoms with Crippen LogP contribution in [0, 0.1) is 0 Å². The highest BCUT2D eigenvalue weighted by Crippen LogP contribution is 2.18. The summed E-state index contributed by atoms with van der Waals surface area (Å²) in [6.07, 6.45) is 3.72. The summed E-state index contributed by atoms with van der Waals surface area (Å²) >= 11 is 3.47. The van der Waals surface area contributed by atoms with Gasteiger partial charge in [-0.3, -0.25) is 4.99 Å². The monoisotopic (exact) mass is 341 g/mol. The molecule has 1 aromatic heterocycles. The molecule has 1 heterocycles. The van der Waals surface area contributed by atoms with E-state index < -0.39 is 0 Å². The number of hydrogen-bond donors (Lipinski definition) is 2. The first-order chi connectivity index (χ1) is 10.2. The first kappa shape index (κ1) is 13.6. The van der Waals surface area contributed by atoms with Crippen LogP contribution < -0.4 is 5.69 Å². The van der Waals surface area contributed by atoms with E-state index in [4.69, 9.17) is 0 Å². The second kappa shape index (κ2) is 5.93. The van der Waals surface area contributed by atoms with Gasteiger partial charge in [0.15, 0.2) is 0 Å². The highest BCUT2D eigenvalue weighted by atomic mass is 79.9. The lowest BCUT2D eigenvalue weighted by atomic mass is 10.2. The smallest absolute Gasteiger partial charge is 0.306 e. The third kappa shape index (κ3) is 3.38. The molecule has 0 aliphatic rings. The fourth-order valence-electron chi connectivity index (χ4n) is 1.98. The zero-order valence-electron chi connectivity index (χ0n) is 11.0. The molecule has 0 aliphatic heterocycles. The normalized spacial score (nSPS) is 12.3. The standard InChI is InChI=1S/C16H12BrN3O/c17-12(8-11-4-2-1-3-5-11)10-18-13-6-7-14-15(9-13)20-16(21)19-14/h1-10H,(H2,19,20,21). The van der Waals surface area contributed by atoms with Gasteiger partial charge in [-0.05, 0) is 45.8 Å². The molecule has 0 saturated carbocycles. The number of hydrogen-bond acceptors (Lipinski definition) is 2. The van der Waals surface area contributed by atoms with Crippen LogP contribution in [-0.2, 0) is 0 Å². The Bertz CT molecular complexity index is 875. The lowest BCUT2D eigenvalue weighted by Gasteiger charge is -1.95. The van der Waals surface area contributed by atoms with Gasteiger partial charge in [0, 0.05) is 10.7 Å². The highest BCUT2D eigenvalue weighted by molar-refractivity contribution is 9.12. The van der Waals surface area contributed by atoms with Crippen LogP contribution in [0.5, 0.6) is 0 Å². The van der Waals surface area contributed by atoms with Gasteiger partial charge in [0.2, 0.25) is 0 Å². The molecule has 0 bridgehead atoms. The molecule has 3 rings (SSSR count). The van der Waals surface area contributed by atoms with E-state index in [1.165, 1.54) is 0 Å². The number of imidazole rings is 1. The number of aliphatic imine (C=N–C) groups is 1. The van der Waals surface area contributed by atoms with Gasteiger partial charge in [-0.25, -0.2) is 4.79 Å². The third-order valence-corrected chi connectivity index (χ3v) is 3.37. The summed E-state index contributed by atoms with van der Waals surface area (Å²) in [5.41, 5.74) is 3.18. The minimum atomic E-state index is -0.212. The van der Waals surface area contributed by atoms with Crippen LogP contribution in [0.1, 0.15) is 5.56 Å². The molecule has 4 nitrogen and oxygen atoms in total. The Labute approximate surface area is 129 Å². The van der Waals surface area contributed by atoms with Gasteiger partial charge in [0.1, 0.15) is 0 Å². The lowest BCUT2D eigenvalue weighted by molar-refractivity contribution is 1.21. The molecular formula is C16H12BrN3O. The average Bonchev–Trinajstić information content (AvgIpc) is 2.85. The molecule has 0 unspecified atom stereocenters. The average molecular weight is 342 g/mol. The van der Waals surface area contributed by atoms with E-state index in [1.54, 1.807) is 6.21 Å². The van der Waals surface area contributed by atoms with Gasteiger partial charge in [-0.2, -0.15) is 0 Å². The van der Waals surface area contributed by atoms with Gasteiger partial charge in [0.05, 0.1) is 16.7 Å². The summed E-state index contributed by atoms with van der Waals surface area (Å²) in [7, 11) is 0. The maximum atomic E-state index is 11.2. The molecule has 0 aliphatic carbocycles. The van der Waals surface area contributed by atoms with E-state index in [-0.39, 0.29) is 5.69 Å². The summed E-state index contributed by atoms with van der Waals surface area (Å²) in [4.78, 5) is 21.0. The highest BCUT2D eigenvalue weighted by Gasteiger charge is 1.98. The lowest BCUT2D eigenvalue weighted by Crippen LogP contribution is -1.99. The second-order valence-corrected chi connectivity index (χ2v) is 5.42. The van der Waals surface area contributed by atoms with Crippen LogP contribution >= 0.6 is 15.9 Å². The van der Waals surface area contributed by atoms with Crippen molar-refractivity contribution in [2.24, 2.45) is 4.99 Å². The summed E-state index contributed by atoms with van der Waals surface area (Å²) in [6.45, 7) is 0. The third-order valence-electron chi connectivity index (χ3n) is 2.94. The molecular weight excluding hydrogens is 330 g/mol. The Morgan fingerprint density at radius 2 is 1.81 bits per heavy atom.